The Bertz CT molecular complexity index is 451. The molecule has 1 N–H and O–H groups in total. The molecule has 1 aliphatic rings. The zero-order chi connectivity index (χ0) is 13.3. The average Bonchev–Trinajstić information content (AvgIpc) is 2.45. The van der Waals surface area contributed by atoms with E-state index in [1.54, 1.807) is 11.8 Å². The zero-order valence-corrected chi connectivity index (χ0v) is 10.1. The summed E-state index contributed by atoms with van der Waals surface area (Å²) in [5.74, 6) is -3.66. The molecule has 1 atom stereocenters. The van der Waals surface area contributed by atoms with E-state index in [1.165, 1.54) is 0 Å². The summed E-state index contributed by atoms with van der Waals surface area (Å²) in [6.07, 6.45) is 1.68. The fraction of sp³-hybridized carbons (Fsp3) is 0.583. The van der Waals surface area contributed by atoms with E-state index in [4.69, 9.17) is 0 Å². The first-order valence-corrected chi connectivity index (χ1v) is 5.88. The van der Waals surface area contributed by atoms with Crippen LogP contribution >= 0.6 is 0 Å². The first-order chi connectivity index (χ1) is 8.39. The highest BCUT2D eigenvalue weighted by Crippen LogP contribution is 2.26. The fourth-order valence-electron chi connectivity index (χ4n) is 2.13. The highest BCUT2D eigenvalue weighted by molar-refractivity contribution is 5.40. The van der Waals surface area contributed by atoms with Gasteiger partial charge in [-0.25, -0.2) is 8.78 Å². The van der Waals surface area contributed by atoms with Gasteiger partial charge < -0.3 is 10.0 Å². The van der Waals surface area contributed by atoms with E-state index in [9.17, 15) is 18.3 Å². The van der Waals surface area contributed by atoms with Gasteiger partial charge >= 0.3 is 0 Å². The van der Waals surface area contributed by atoms with Gasteiger partial charge in [-0.1, -0.05) is 0 Å². The number of hydrogen-bond donors (Lipinski definition) is 1. The lowest BCUT2D eigenvalue weighted by molar-refractivity contribution is 0.0481. The monoisotopic (exact) mass is 260 g/mol. The van der Waals surface area contributed by atoms with E-state index in [0.717, 1.165) is 0 Å². The normalized spacial score (nSPS) is 25.1. The Kier molecular flexibility index (Phi) is 3.47. The van der Waals surface area contributed by atoms with Crippen molar-refractivity contribution in [3.05, 3.63) is 23.6 Å². The highest BCUT2D eigenvalue weighted by atomic mass is 19.2. The summed E-state index contributed by atoms with van der Waals surface area (Å²) >= 11 is 0. The van der Waals surface area contributed by atoms with E-state index in [2.05, 4.69) is 4.98 Å². The Labute approximate surface area is 103 Å². The number of anilines is 1. The van der Waals surface area contributed by atoms with Gasteiger partial charge in [-0.2, -0.15) is 9.37 Å². The molecule has 0 saturated carbocycles. The van der Waals surface area contributed by atoms with Crippen molar-refractivity contribution in [3.63, 3.8) is 0 Å². The molecule has 1 aromatic rings. The Morgan fingerprint density at radius 2 is 1.94 bits per heavy atom. The van der Waals surface area contributed by atoms with Gasteiger partial charge in [0.15, 0.2) is 17.5 Å². The molecular weight excluding hydrogens is 245 g/mol. The average molecular weight is 260 g/mol. The molecule has 100 valence electrons. The maximum atomic E-state index is 13.6. The predicted octanol–water partition coefficient (Wildman–Crippen LogP) is 2.24. The minimum absolute atomic E-state index is 0.188. The van der Waals surface area contributed by atoms with Gasteiger partial charge in [-0.15, -0.1) is 0 Å². The molecule has 3 nitrogen and oxygen atoms in total. The summed E-state index contributed by atoms with van der Waals surface area (Å²) in [6, 6.07) is 0.501. The summed E-state index contributed by atoms with van der Waals surface area (Å²) in [7, 11) is 0. The molecule has 1 aliphatic heterocycles. The largest absolute Gasteiger partial charge is 0.390 e. The molecule has 0 amide bonds. The van der Waals surface area contributed by atoms with E-state index in [-0.39, 0.29) is 5.82 Å². The van der Waals surface area contributed by atoms with Gasteiger partial charge in [0, 0.05) is 19.2 Å². The topological polar surface area (TPSA) is 36.4 Å². The van der Waals surface area contributed by atoms with Crippen LogP contribution in [0.15, 0.2) is 6.07 Å². The van der Waals surface area contributed by atoms with Crippen molar-refractivity contribution in [1.82, 2.24) is 4.98 Å². The molecule has 2 heterocycles. The van der Waals surface area contributed by atoms with E-state index in [0.29, 0.717) is 38.4 Å². The quantitative estimate of drug-likeness (QED) is 0.787. The second-order valence-corrected chi connectivity index (χ2v) is 4.90. The number of pyridine rings is 1. The Morgan fingerprint density at radius 3 is 2.67 bits per heavy atom. The molecule has 18 heavy (non-hydrogen) atoms. The van der Waals surface area contributed by atoms with Crippen LogP contribution in [0.2, 0.25) is 0 Å². The van der Waals surface area contributed by atoms with Gasteiger partial charge in [0.05, 0.1) is 5.60 Å². The van der Waals surface area contributed by atoms with Crippen molar-refractivity contribution < 1.29 is 18.3 Å². The highest BCUT2D eigenvalue weighted by Gasteiger charge is 2.27. The van der Waals surface area contributed by atoms with Crippen molar-refractivity contribution in [2.75, 3.05) is 18.0 Å². The summed E-state index contributed by atoms with van der Waals surface area (Å²) in [4.78, 5) is 4.85. The first kappa shape index (κ1) is 13.1. The predicted molar refractivity (Wildman–Crippen MR) is 60.8 cm³/mol. The van der Waals surface area contributed by atoms with Gasteiger partial charge in [-0.3, -0.25) is 0 Å². The molecule has 0 spiro atoms. The van der Waals surface area contributed by atoms with Crippen LogP contribution in [0.3, 0.4) is 0 Å². The third-order valence-corrected chi connectivity index (χ3v) is 3.23. The molecule has 2 rings (SSSR count). The maximum Gasteiger partial charge on any atom is 0.251 e. The summed E-state index contributed by atoms with van der Waals surface area (Å²) in [5, 5.41) is 9.91. The van der Waals surface area contributed by atoms with Crippen molar-refractivity contribution in [2.24, 2.45) is 0 Å². The summed E-state index contributed by atoms with van der Waals surface area (Å²) < 4.78 is 39.4. The number of hydrogen-bond acceptors (Lipinski definition) is 3. The SMILES string of the molecule is CC1(O)CCCN(c2nc(F)c(F)cc2F)CC1. The number of aliphatic hydroxyl groups is 1. The maximum absolute atomic E-state index is 13.6. The van der Waals surface area contributed by atoms with Crippen LogP contribution in [0.4, 0.5) is 19.0 Å². The van der Waals surface area contributed by atoms with E-state index >= 15 is 0 Å². The molecule has 6 heteroatoms. The molecular formula is C12H15F3N2O. The molecule has 1 unspecified atom stereocenters. The lowest BCUT2D eigenvalue weighted by Crippen LogP contribution is -2.29. The van der Waals surface area contributed by atoms with Gasteiger partial charge in [-0.05, 0) is 26.2 Å². The van der Waals surface area contributed by atoms with Crippen LogP contribution < -0.4 is 4.90 Å². The standard InChI is InChI=1S/C12H15F3N2O/c1-12(18)3-2-5-17(6-4-12)11-9(14)7-8(13)10(15)16-11/h7,18H,2-6H2,1H3. The Morgan fingerprint density at radius 1 is 1.22 bits per heavy atom. The Balaban J connectivity index is 2.24. The van der Waals surface area contributed by atoms with Crippen molar-refractivity contribution in [3.8, 4) is 0 Å². The molecule has 1 saturated heterocycles. The Hall–Kier alpha value is -1.30. The molecule has 1 aromatic heterocycles. The molecule has 1 fully saturated rings. The van der Waals surface area contributed by atoms with Gasteiger partial charge in [0.25, 0.3) is 5.95 Å². The van der Waals surface area contributed by atoms with Crippen LogP contribution in [-0.4, -0.2) is 28.8 Å². The number of nitrogens with zero attached hydrogens (tertiary/aromatic N) is 2. The second-order valence-electron chi connectivity index (χ2n) is 4.90. The van der Waals surface area contributed by atoms with Crippen molar-refractivity contribution in [1.29, 1.82) is 0 Å². The lowest BCUT2D eigenvalue weighted by Gasteiger charge is -2.23. The van der Waals surface area contributed by atoms with E-state index in [1.807, 2.05) is 0 Å². The van der Waals surface area contributed by atoms with E-state index < -0.39 is 23.2 Å². The van der Waals surface area contributed by atoms with Crippen molar-refractivity contribution >= 4 is 5.82 Å². The number of halogens is 3. The molecule has 0 radical (unpaired) electrons. The smallest absolute Gasteiger partial charge is 0.251 e. The van der Waals surface area contributed by atoms with Crippen molar-refractivity contribution in [2.45, 2.75) is 31.8 Å². The summed E-state index contributed by atoms with van der Waals surface area (Å²) in [5.41, 5.74) is -0.802. The zero-order valence-electron chi connectivity index (χ0n) is 10.1. The van der Waals surface area contributed by atoms with Crippen LogP contribution in [0.5, 0.6) is 0 Å². The van der Waals surface area contributed by atoms with Crippen LogP contribution in [-0.2, 0) is 0 Å². The lowest BCUT2D eigenvalue weighted by atomic mass is 9.98. The number of rotatable bonds is 1. The van der Waals surface area contributed by atoms with Gasteiger partial charge in [0.2, 0.25) is 0 Å². The first-order valence-electron chi connectivity index (χ1n) is 5.88. The molecule has 0 bridgehead atoms. The third-order valence-electron chi connectivity index (χ3n) is 3.23. The fourth-order valence-corrected chi connectivity index (χ4v) is 2.13. The minimum Gasteiger partial charge on any atom is -0.390 e. The number of aromatic nitrogens is 1. The molecule has 0 aliphatic carbocycles. The third kappa shape index (κ3) is 2.75. The van der Waals surface area contributed by atoms with Gasteiger partial charge in [0.1, 0.15) is 0 Å². The minimum atomic E-state index is -1.30. The second kappa shape index (κ2) is 4.76. The van der Waals surface area contributed by atoms with Crippen LogP contribution in [0.25, 0.3) is 0 Å². The van der Waals surface area contributed by atoms with Crippen LogP contribution in [0, 0.1) is 17.6 Å². The summed E-state index contributed by atoms with van der Waals surface area (Å²) in [6.45, 7) is 2.54. The van der Waals surface area contributed by atoms with Crippen LogP contribution in [0.1, 0.15) is 26.2 Å². The molecule has 0 aromatic carbocycles.